The van der Waals surface area contributed by atoms with Crippen LogP contribution in [0.1, 0.15) is 12.0 Å². The van der Waals surface area contributed by atoms with Crippen LogP contribution in [0.5, 0.6) is 0 Å². The fourth-order valence-electron chi connectivity index (χ4n) is 2.59. The first-order valence-corrected chi connectivity index (χ1v) is 5.00. The van der Waals surface area contributed by atoms with Gasteiger partial charge in [0.1, 0.15) is 5.82 Å². The van der Waals surface area contributed by atoms with E-state index in [1.165, 1.54) is 12.1 Å². The van der Waals surface area contributed by atoms with E-state index in [0.29, 0.717) is 12.2 Å². The molecule has 78 valence electrons. The lowest BCUT2D eigenvalue weighted by molar-refractivity contribution is -0.118. The number of anilines is 1. The molecule has 2 aliphatic rings. The highest BCUT2D eigenvalue weighted by atomic mass is 19.1. The van der Waals surface area contributed by atoms with E-state index in [9.17, 15) is 9.18 Å². The van der Waals surface area contributed by atoms with Crippen molar-refractivity contribution in [1.82, 2.24) is 0 Å². The van der Waals surface area contributed by atoms with E-state index in [4.69, 9.17) is 5.73 Å². The van der Waals surface area contributed by atoms with Gasteiger partial charge in [0, 0.05) is 5.69 Å². The number of carbonyl (C=O) groups excluding carboxylic acids is 1. The fourth-order valence-corrected chi connectivity index (χ4v) is 2.59. The number of hydrogen-bond donors (Lipinski definition) is 2. The molecule has 15 heavy (non-hydrogen) atoms. The van der Waals surface area contributed by atoms with Crippen molar-refractivity contribution in [2.75, 3.05) is 11.9 Å². The topological polar surface area (TPSA) is 55.1 Å². The van der Waals surface area contributed by atoms with E-state index in [0.717, 1.165) is 12.0 Å². The van der Waals surface area contributed by atoms with E-state index in [2.05, 4.69) is 5.32 Å². The van der Waals surface area contributed by atoms with Gasteiger partial charge < -0.3 is 11.1 Å². The molecule has 1 aliphatic carbocycles. The van der Waals surface area contributed by atoms with Crippen molar-refractivity contribution in [2.24, 2.45) is 11.7 Å². The lowest BCUT2D eigenvalue weighted by Crippen LogP contribution is -2.23. The summed E-state index contributed by atoms with van der Waals surface area (Å²) in [7, 11) is 0. The number of rotatable bonds is 1. The number of fused-ring (bicyclic) bond motifs is 2. The van der Waals surface area contributed by atoms with Crippen molar-refractivity contribution < 1.29 is 9.18 Å². The maximum Gasteiger partial charge on any atom is 0.235 e. The van der Waals surface area contributed by atoms with Gasteiger partial charge in [0.2, 0.25) is 5.91 Å². The second-order valence-electron chi connectivity index (χ2n) is 4.25. The minimum Gasteiger partial charge on any atom is -0.330 e. The third kappa shape index (κ3) is 0.946. The van der Waals surface area contributed by atoms with Crippen molar-refractivity contribution in [3.63, 3.8) is 0 Å². The third-order valence-corrected chi connectivity index (χ3v) is 3.51. The Morgan fingerprint density at radius 2 is 2.40 bits per heavy atom. The Morgan fingerprint density at radius 1 is 1.60 bits per heavy atom. The summed E-state index contributed by atoms with van der Waals surface area (Å²) in [6, 6.07) is 4.46. The Hall–Kier alpha value is -1.42. The average molecular weight is 206 g/mol. The third-order valence-electron chi connectivity index (χ3n) is 3.51. The Bertz CT molecular complexity index is 460. The van der Waals surface area contributed by atoms with Crippen molar-refractivity contribution in [2.45, 2.75) is 11.8 Å². The summed E-state index contributed by atoms with van der Waals surface area (Å²) >= 11 is 0. The molecule has 1 aliphatic heterocycles. The summed E-state index contributed by atoms with van der Waals surface area (Å²) < 4.78 is 13.0. The average Bonchev–Trinajstić information content (AvgIpc) is 2.86. The van der Waals surface area contributed by atoms with Gasteiger partial charge in [-0.05, 0) is 36.6 Å². The highest BCUT2D eigenvalue weighted by molar-refractivity contribution is 6.08. The summed E-state index contributed by atoms with van der Waals surface area (Å²) in [6.07, 6.45) is 0.786. The molecule has 3 N–H and O–H groups in total. The maximum absolute atomic E-state index is 13.0. The molecule has 0 bridgehead atoms. The van der Waals surface area contributed by atoms with Gasteiger partial charge in [0.15, 0.2) is 0 Å². The molecule has 1 saturated carbocycles. The van der Waals surface area contributed by atoms with Gasteiger partial charge in [-0.25, -0.2) is 4.39 Å². The number of amides is 1. The van der Waals surface area contributed by atoms with Crippen LogP contribution < -0.4 is 11.1 Å². The van der Waals surface area contributed by atoms with Gasteiger partial charge in [-0.2, -0.15) is 0 Å². The Kier molecular flexibility index (Phi) is 1.52. The van der Waals surface area contributed by atoms with E-state index in [1.54, 1.807) is 6.07 Å². The van der Waals surface area contributed by atoms with Crippen LogP contribution >= 0.6 is 0 Å². The predicted octanol–water partition coefficient (Wildman–Crippen LogP) is 0.994. The molecule has 1 spiro atoms. The van der Waals surface area contributed by atoms with Gasteiger partial charge >= 0.3 is 0 Å². The molecule has 2 atom stereocenters. The fraction of sp³-hybridized carbons (Fsp3) is 0.364. The van der Waals surface area contributed by atoms with E-state index < -0.39 is 5.41 Å². The molecule has 3 nitrogen and oxygen atoms in total. The summed E-state index contributed by atoms with van der Waals surface area (Å²) in [5.41, 5.74) is 6.65. The minimum atomic E-state index is -0.447. The normalized spacial score (nSPS) is 31.6. The molecule has 1 amide bonds. The molecule has 4 heteroatoms. The van der Waals surface area contributed by atoms with Crippen LogP contribution in [0.25, 0.3) is 0 Å². The number of halogens is 1. The lowest BCUT2D eigenvalue weighted by atomic mass is 9.95. The second kappa shape index (κ2) is 2.58. The van der Waals surface area contributed by atoms with Crippen LogP contribution in [-0.2, 0) is 10.2 Å². The highest BCUT2D eigenvalue weighted by Gasteiger charge is 2.63. The Labute approximate surface area is 86.5 Å². The number of benzene rings is 1. The molecule has 1 heterocycles. The number of carbonyl (C=O) groups is 1. The zero-order valence-electron chi connectivity index (χ0n) is 8.09. The smallest absolute Gasteiger partial charge is 0.235 e. The molecule has 1 fully saturated rings. The Balaban J connectivity index is 2.12. The lowest BCUT2D eigenvalue weighted by Gasteiger charge is -2.06. The zero-order chi connectivity index (χ0) is 10.6. The van der Waals surface area contributed by atoms with Crippen LogP contribution in [-0.4, -0.2) is 12.5 Å². The summed E-state index contributed by atoms with van der Waals surface area (Å²) in [6.45, 7) is 0.504. The van der Waals surface area contributed by atoms with Gasteiger partial charge in [-0.15, -0.1) is 0 Å². The number of nitrogens with one attached hydrogen (secondary N) is 1. The molecule has 0 aromatic heterocycles. The quantitative estimate of drug-likeness (QED) is 0.720. The minimum absolute atomic E-state index is 0.0291. The van der Waals surface area contributed by atoms with Crippen molar-refractivity contribution in [3.8, 4) is 0 Å². The zero-order valence-corrected chi connectivity index (χ0v) is 8.09. The van der Waals surface area contributed by atoms with Crippen molar-refractivity contribution >= 4 is 11.6 Å². The summed E-state index contributed by atoms with van der Waals surface area (Å²) in [5, 5.41) is 2.72. The van der Waals surface area contributed by atoms with Crippen molar-refractivity contribution in [3.05, 3.63) is 29.6 Å². The van der Waals surface area contributed by atoms with Crippen LogP contribution in [0.15, 0.2) is 18.2 Å². The molecule has 0 saturated heterocycles. The molecular weight excluding hydrogens is 195 g/mol. The van der Waals surface area contributed by atoms with E-state index >= 15 is 0 Å². The second-order valence-corrected chi connectivity index (χ2v) is 4.25. The summed E-state index contributed by atoms with van der Waals surface area (Å²) in [4.78, 5) is 11.8. The highest BCUT2D eigenvalue weighted by Crippen LogP contribution is 2.59. The molecule has 0 radical (unpaired) electrons. The summed E-state index contributed by atoms with van der Waals surface area (Å²) in [5.74, 6) is -0.140. The van der Waals surface area contributed by atoms with Crippen LogP contribution in [0.2, 0.25) is 0 Å². The van der Waals surface area contributed by atoms with Gasteiger partial charge in [0.25, 0.3) is 0 Å². The van der Waals surface area contributed by atoms with Crippen LogP contribution in [0, 0.1) is 11.7 Å². The van der Waals surface area contributed by atoms with Gasteiger partial charge in [-0.3, -0.25) is 4.79 Å². The molecule has 1 aromatic carbocycles. The first kappa shape index (κ1) is 8.85. The number of hydrogen-bond acceptors (Lipinski definition) is 2. The molecular formula is C11H11FN2O. The molecule has 3 rings (SSSR count). The van der Waals surface area contributed by atoms with Crippen molar-refractivity contribution in [1.29, 1.82) is 0 Å². The van der Waals surface area contributed by atoms with Gasteiger partial charge in [0.05, 0.1) is 5.41 Å². The van der Waals surface area contributed by atoms with Crippen LogP contribution in [0.3, 0.4) is 0 Å². The number of nitrogens with two attached hydrogens (primary N) is 1. The van der Waals surface area contributed by atoms with E-state index in [-0.39, 0.29) is 17.6 Å². The molecule has 1 aromatic rings. The van der Waals surface area contributed by atoms with E-state index in [1.807, 2.05) is 0 Å². The standard InChI is InChI=1S/C11H11FN2O/c12-7-1-2-8-9(3-7)14-10(15)11(8)4-6(11)5-13/h1-3,6H,4-5,13H2,(H,14,15). The molecule has 2 unspecified atom stereocenters. The van der Waals surface area contributed by atoms with Gasteiger partial charge in [-0.1, -0.05) is 6.07 Å². The first-order chi connectivity index (χ1) is 7.18. The Morgan fingerprint density at radius 3 is 3.07 bits per heavy atom. The van der Waals surface area contributed by atoms with Crippen LogP contribution in [0.4, 0.5) is 10.1 Å². The maximum atomic E-state index is 13.0. The predicted molar refractivity (Wildman–Crippen MR) is 53.9 cm³/mol. The largest absolute Gasteiger partial charge is 0.330 e. The monoisotopic (exact) mass is 206 g/mol. The first-order valence-electron chi connectivity index (χ1n) is 5.00. The SMILES string of the molecule is NCC1CC12C(=O)Nc1cc(F)ccc12.